The molecule has 0 amide bonds. The number of cyclic esters (lactones) is 2. The Bertz CT molecular complexity index is 172. The van der Waals surface area contributed by atoms with Crippen LogP contribution in [0.25, 0.3) is 0 Å². The number of carbonyl (C=O) groups excluding carboxylic acids is 2. The van der Waals surface area contributed by atoms with E-state index < -0.39 is 12.3 Å². The van der Waals surface area contributed by atoms with Gasteiger partial charge in [0.2, 0.25) is 0 Å². The SMILES string of the molecule is CC1COC(=O)O1.COC(=O)OC. The standard InChI is InChI=1S/C4H6O3.C3H6O3/c1-3-2-6-4(5)7-3;1-5-3(4)6-2/h3H,2H2,1H3;1-2H3. The van der Waals surface area contributed by atoms with Gasteiger partial charge in [-0.2, -0.15) is 0 Å². The van der Waals surface area contributed by atoms with Crippen LogP contribution in [0.1, 0.15) is 6.92 Å². The minimum Gasteiger partial charge on any atom is -0.438 e. The number of ether oxygens (including phenoxy) is 4. The van der Waals surface area contributed by atoms with Gasteiger partial charge in [0.05, 0.1) is 14.2 Å². The lowest BCUT2D eigenvalue weighted by Gasteiger charge is -1.90. The van der Waals surface area contributed by atoms with Gasteiger partial charge in [-0.25, -0.2) is 9.59 Å². The highest BCUT2D eigenvalue weighted by atomic mass is 16.8. The highest BCUT2D eigenvalue weighted by Crippen LogP contribution is 2.02. The first-order valence-corrected chi connectivity index (χ1v) is 3.55. The molecule has 0 radical (unpaired) electrons. The minimum absolute atomic E-state index is 0.0486. The summed E-state index contributed by atoms with van der Waals surface area (Å²) in [5, 5.41) is 0. The maximum Gasteiger partial charge on any atom is 0.508 e. The van der Waals surface area contributed by atoms with Crippen molar-refractivity contribution in [2.24, 2.45) is 0 Å². The lowest BCUT2D eigenvalue weighted by Crippen LogP contribution is -2.01. The molecule has 0 N–H and O–H groups in total. The molecule has 76 valence electrons. The monoisotopic (exact) mass is 192 g/mol. The Morgan fingerprint density at radius 2 is 2.00 bits per heavy atom. The van der Waals surface area contributed by atoms with Crippen LogP contribution < -0.4 is 0 Å². The molecular weight excluding hydrogens is 180 g/mol. The molecule has 0 aromatic heterocycles. The summed E-state index contributed by atoms with van der Waals surface area (Å²) in [6, 6.07) is 0. The van der Waals surface area contributed by atoms with E-state index in [1.54, 1.807) is 6.92 Å². The van der Waals surface area contributed by atoms with E-state index in [4.69, 9.17) is 0 Å². The molecule has 6 heteroatoms. The van der Waals surface area contributed by atoms with Crippen molar-refractivity contribution in [2.45, 2.75) is 13.0 Å². The Hall–Kier alpha value is -1.46. The fourth-order valence-electron chi connectivity index (χ4n) is 0.501. The zero-order valence-electron chi connectivity index (χ0n) is 7.73. The highest BCUT2D eigenvalue weighted by Gasteiger charge is 2.19. The van der Waals surface area contributed by atoms with Gasteiger partial charge in [0.15, 0.2) is 0 Å². The summed E-state index contributed by atoms with van der Waals surface area (Å²) >= 11 is 0. The first-order chi connectivity index (χ1) is 6.10. The molecule has 13 heavy (non-hydrogen) atoms. The number of rotatable bonds is 0. The van der Waals surface area contributed by atoms with Crippen molar-refractivity contribution in [2.75, 3.05) is 20.8 Å². The van der Waals surface area contributed by atoms with E-state index in [-0.39, 0.29) is 6.10 Å². The lowest BCUT2D eigenvalue weighted by atomic mass is 10.5. The zero-order chi connectivity index (χ0) is 10.3. The number of methoxy groups -OCH3 is 2. The fraction of sp³-hybridized carbons (Fsp3) is 0.714. The molecule has 1 heterocycles. The summed E-state index contributed by atoms with van der Waals surface area (Å²) < 4.78 is 17.0. The van der Waals surface area contributed by atoms with Crippen molar-refractivity contribution in [3.63, 3.8) is 0 Å². The van der Waals surface area contributed by atoms with Crippen LogP contribution in [-0.2, 0) is 18.9 Å². The molecule has 1 aliphatic rings. The van der Waals surface area contributed by atoms with Crippen molar-refractivity contribution in [3.8, 4) is 0 Å². The molecule has 1 fully saturated rings. The van der Waals surface area contributed by atoms with E-state index in [9.17, 15) is 9.59 Å². The van der Waals surface area contributed by atoms with Gasteiger partial charge in [0.25, 0.3) is 0 Å². The van der Waals surface area contributed by atoms with E-state index in [1.165, 1.54) is 14.2 Å². The first-order valence-electron chi connectivity index (χ1n) is 3.55. The third-order valence-electron chi connectivity index (χ3n) is 1.07. The lowest BCUT2D eigenvalue weighted by molar-refractivity contribution is 0.0924. The van der Waals surface area contributed by atoms with Gasteiger partial charge in [-0.15, -0.1) is 0 Å². The molecule has 0 aromatic rings. The van der Waals surface area contributed by atoms with Crippen LogP contribution in [0.4, 0.5) is 9.59 Å². The van der Waals surface area contributed by atoms with Crippen LogP contribution in [-0.4, -0.2) is 39.2 Å². The topological polar surface area (TPSA) is 71.1 Å². The third-order valence-corrected chi connectivity index (χ3v) is 1.07. The minimum atomic E-state index is -0.657. The summed E-state index contributed by atoms with van der Waals surface area (Å²) in [5.41, 5.74) is 0. The molecule has 0 saturated carbocycles. The second-order valence-corrected chi connectivity index (χ2v) is 2.15. The molecule has 1 unspecified atom stereocenters. The van der Waals surface area contributed by atoms with E-state index >= 15 is 0 Å². The highest BCUT2D eigenvalue weighted by molar-refractivity contribution is 5.61. The molecule has 0 spiro atoms. The molecule has 1 atom stereocenters. The van der Waals surface area contributed by atoms with Crippen LogP contribution in [0.15, 0.2) is 0 Å². The van der Waals surface area contributed by atoms with E-state index in [0.29, 0.717) is 6.61 Å². The molecule has 0 aromatic carbocycles. The third kappa shape index (κ3) is 5.77. The maximum absolute atomic E-state index is 10.0. The van der Waals surface area contributed by atoms with Gasteiger partial charge in [-0.05, 0) is 6.92 Å². The van der Waals surface area contributed by atoms with Gasteiger partial charge in [0, 0.05) is 0 Å². The Balaban J connectivity index is 0.000000226. The Morgan fingerprint density at radius 1 is 1.46 bits per heavy atom. The summed E-state index contributed by atoms with van der Waals surface area (Å²) in [4.78, 5) is 19.7. The smallest absolute Gasteiger partial charge is 0.438 e. The van der Waals surface area contributed by atoms with Crippen molar-refractivity contribution in [1.29, 1.82) is 0 Å². The molecular formula is C7H12O6. The van der Waals surface area contributed by atoms with Gasteiger partial charge >= 0.3 is 12.3 Å². The molecule has 0 aliphatic carbocycles. The Kier molecular flexibility index (Phi) is 5.42. The van der Waals surface area contributed by atoms with Gasteiger partial charge in [-0.1, -0.05) is 0 Å². The number of hydrogen-bond donors (Lipinski definition) is 0. The second-order valence-electron chi connectivity index (χ2n) is 2.15. The summed E-state index contributed by atoms with van der Waals surface area (Å²) in [6.07, 6.45) is -1.25. The zero-order valence-corrected chi connectivity index (χ0v) is 7.73. The van der Waals surface area contributed by atoms with Crippen molar-refractivity contribution < 1.29 is 28.5 Å². The first kappa shape index (κ1) is 11.5. The average Bonchev–Trinajstić information content (AvgIpc) is 2.49. The van der Waals surface area contributed by atoms with Crippen LogP contribution in [0.3, 0.4) is 0 Å². The fourth-order valence-corrected chi connectivity index (χ4v) is 0.501. The number of carbonyl (C=O) groups is 2. The summed E-state index contributed by atoms with van der Waals surface area (Å²) in [6.45, 7) is 2.18. The molecule has 1 aliphatic heterocycles. The van der Waals surface area contributed by atoms with E-state index in [0.717, 1.165) is 0 Å². The average molecular weight is 192 g/mol. The van der Waals surface area contributed by atoms with E-state index in [1.807, 2.05) is 0 Å². The predicted octanol–water partition coefficient (Wildman–Crippen LogP) is 0.941. The van der Waals surface area contributed by atoms with Crippen LogP contribution in [0, 0.1) is 0 Å². The summed E-state index contributed by atoms with van der Waals surface area (Å²) in [5.74, 6) is 0. The molecule has 1 rings (SSSR count). The summed E-state index contributed by atoms with van der Waals surface area (Å²) in [7, 11) is 2.51. The van der Waals surface area contributed by atoms with E-state index in [2.05, 4.69) is 18.9 Å². The van der Waals surface area contributed by atoms with Gasteiger partial charge in [0.1, 0.15) is 12.7 Å². The molecule has 6 nitrogen and oxygen atoms in total. The van der Waals surface area contributed by atoms with Crippen molar-refractivity contribution in [3.05, 3.63) is 0 Å². The van der Waals surface area contributed by atoms with Crippen LogP contribution >= 0.6 is 0 Å². The second kappa shape index (κ2) is 6.10. The molecule has 1 saturated heterocycles. The Morgan fingerprint density at radius 3 is 2.08 bits per heavy atom. The number of hydrogen-bond acceptors (Lipinski definition) is 6. The maximum atomic E-state index is 10.0. The van der Waals surface area contributed by atoms with Crippen LogP contribution in [0.2, 0.25) is 0 Å². The quantitative estimate of drug-likeness (QED) is 0.532. The largest absolute Gasteiger partial charge is 0.508 e. The normalized spacial score (nSPS) is 19.0. The predicted molar refractivity (Wildman–Crippen MR) is 41.3 cm³/mol. The van der Waals surface area contributed by atoms with Crippen molar-refractivity contribution in [1.82, 2.24) is 0 Å². The van der Waals surface area contributed by atoms with Gasteiger partial charge < -0.3 is 18.9 Å². The van der Waals surface area contributed by atoms with Crippen LogP contribution in [0.5, 0.6) is 0 Å². The Labute approximate surface area is 75.7 Å². The van der Waals surface area contributed by atoms with Crippen molar-refractivity contribution >= 4 is 12.3 Å². The van der Waals surface area contributed by atoms with Gasteiger partial charge in [-0.3, -0.25) is 0 Å². The molecule has 0 bridgehead atoms.